The van der Waals surface area contributed by atoms with E-state index in [1.165, 1.54) is 0 Å². The second kappa shape index (κ2) is 5.97. The third-order valence-electron chi connectivity index (χ3n) is 4.03. The average molecular weight is 258 g/mol. The number of para-hydroxylation sites is 2. The molecule has 0 saturated heterocycles. The van der Waals surface area contributed by atoms with Crippen molar-refractivity contribution in [1.82, 2.24) is 9.97 Å². The van der Waals surface area contributed by atoms with E-state index in [-0.39, 0.29) is 5.41 Å². The van der Waals surface area contributed by atoms with Crippen LogP contribution in [0.1, 0.15) is 26.7 Å². The first-order valence-electron chi connectivity index (χ1n) is 6.89. The van der Waals surface area contributed by atoms with Gasteiger partial charge in [0.2, 0.25) is 0 Å². The van der Waals surface area contributed by atoms with Crippen molar-refractivity contribution in [2.75, 3.05) is 18.4 Å². The Balaban J connectivity index is 2.13. The van der Waals surface area contributed by atoms with Crippen molar-refractivity contribution in [3.05, 3.63) is 30.5 Å². The predicted molar refractivity (Wildman–Crippen MR) is 80.1 cm³/mol. The second-order valence-electron chi connectivity index (χ2n) is 5.01. The lowest BCUT2D eigenvalue weighted by Crippen LogP contribution is -2.36. The molecule has 4 heteroatoms. The van der Waals surface area contributed by atoms with Gasteiger partial charge in [-0.15, -0.1) is 0 Å². The maximum absolute atomic E-state index is 5.91. The number of nitrogens with two attached hydrogens (primary N) is 1. The summed E-state index contributed by atoms with van der Waals surface area (Å²) in [5.74, 6) is 0.818. The Morgan fingerprint density at radius 2 is 1.84 bits per heavy atom. The fraction of sp³-hybridized carbons (Fsp3) is 0.467. The molecule has 0 fully saturated rings. The minimum Gasteiger partial charge on any atom is -0.368 e. The lowest BCUT2D eigenvalue weighted by atomic mass is 9.82. The largest absolute Gasteiger partial charge is 0.368 e. The summed E-state index contributed by atoms with van der Waals surface area (Å²) in [4.78, 5) is 8.97. The van der Waals surface area contributed by atoms with Gasteiger partial charge in [0.1, 0.15) is 5.82 Å². The van der Waals surface area contributed by atoms with Crippen molar-refractivity contribution in [2.24, 2.45) is 11.1 Å². The summed E-state index contributed by atoms with van der Waals surface area (Å²) in [6, 6.07) is 7.89. The SMILES string of the molecule is CCC(CC)(CN)CNc1cnc2ccccc2n1. The molecule has 1 aromatic carbocycles. The molecule has 0 aliphatic carbocycles. The molecular formula is C15H22N4. The molecule has 0 atom stereocenters. The van der Waals surface area contributed by atoms with Crippen LogP contribution in [0.4, 0.5) is 5.82 Å². The van der Waals surface area contributed by atoms with Gasteiger partial charge < -0.3 is 11.1 Å². The topological polar surface area (TPSA) is 63.8 Å². The molecule has 0 radical (unpaired) electrons. The first-order valence-corrected chi connectivity index (χ1v) is 6.89. The Hall–Kier alpha value is -1.68. The van der Waals surface area contributed by atoms with E-state index in [1.807, 2.05) is 24.3 Å². The molecule has 19 heavy (non-hydrogen) atoms. The van der Waals surface area contributed by atoms with Crippen LogP contribution in [0.15, 0.2) is 30.5 Å². The summed E-state index contributed by atoms with van der Waals surface area (Å²) in [5, 5.41) is 3.38. The van der Waals surface area contributed by atoms with E-state index < -0.39 is 0 Å². The average Bonchev–Trinajstić information content (AvgIpc) is 2.49. The molecule has 0 amide bonds. The van der Waals surface area contributed by atoms with Crippen LogP contribution >= 0.6 is 0 Å². The van der Waals surface area contributed by atoms with E-state index in [0.29, 0.717) is 6.54 Å². The smallest absolute Gasteiger partial charge is 0.145 e. The van der Waals surface area contributed by atoms with Crippen molar-refractivity contribution in [3.8, 4) is 0 Å². The van der Waals surface area contributed by atoms with E-state index >= 15 is 0 Å². The van der Waals surface area contributed by atoms with Crippen LogP contribution < -0.4 is 11.1 Å². The summed E-state index contributed by atoms with van der Waals surface area (Å²) < 4.78 is 0. The normalized spacial score (nSPS) is 11.7. The highest BCUT2D eigenvalue weighted by atomic mass is 15.0. The van der Waals surface area contributed by atoms with E-state index in [2.05, 4.69) is 29.1 Å². The third-order valence-corrected chi connectivity index (χ3v) is 4.03. The number of hydrogen-bond donors (Lipinski definition) is 2. The summed E-state index contributed by atoms with van der Waals surface area (Å²) in [7, 11) is 0. The van der Waals surface area contributed by atoms with Crippen molar-refractivity contribution in [1.29, 1.82) is 0 Å². The molecule has 0 aliphatic rings. The number of rotatable bonds is 6. The molecule has 0 spiro atoms. The minimum absolute atomic E-state index is 0.146. The molecular weight excluding hydrogens is 236 g/mol. The summed E-state index contributed by atoms with van der Waals surface area (Å²) >= 11 is 0. The highest BCUT2D eigenvalue weighted by molar-refractivity contribution is 5.75. The molecule has 3 N–H and O–H groups in total. The lowest BCUT2D eigenvalue weighted by molar-refractivity contribution is 0.294. The van der Waals surface area contributed by atoms with Crippen LogP contribution in [0.2, 0.25) is 0 Å². The van der Waals surface area contributed by atoms with Crippen LogP contribution in [-0.4, -0.2) is 23.1 Å². The van der Waals surface area contributed by atoms with Crippen LogP contribution in [0.25, 0.3) is 11.0 Å². The van der Waals surface area contributed by atoms with Gasteiger partial charge in [-0.25, -0.2) is 4.98 Å². The predicted octanol–water partition coefficient (Wildman–Crippen LogP) is 2.81. The lowest BCUT2D eigenvalue weighted by Gasteiger charge is -2.30. The van der Waals surface area contributed by atoms with E-state index in [1.54, 1.807) is 6.20 Å². The van der Waals surface area contributed by atoms with Crippen LogP contribution in [0.3, 0.4) is 0 Å². The molecule has 0 aliphatic heterocycles. The van der Waals surface area contributed by atoms with E-state index in [4.69, 9.17) is 5.73 Å². The third kappa shape index (κ3) is 3.01. The summed E-state index contributed by atoms with van der Waals surface area (Å²) in [6.45, 7) is 5.89. The number of benzene rings is 1. The standard InChI is InChI=1S/C15H22N4/c1-3-15(4-2,10-16)11-18-14-9-17-12-7-5-6-8-13(12)19-14/h5-9H,3-4,10-11,16H2,1-2H3,(H,18,19). The Morgan fingerprint density at radius 3 is 2.47 bits per heavy atom. The van der Waals surface area contributed by atoms with Crippen molar-refractivity contribution in [2.45, 2.75) is 26.7 Å². The van der Waals surface area contributed by atoms with Gasteiger partial charge in [-0.3, -0.25) is 4.98 Å². The van der Waals surface area contributed by atoms with E-state index in [0.717, 1.165) is 36.2 Å². The zero-order valence-corrected chi connectivity index (χ0v) is 11.7. The van der Waals surface area contributed by atoms with Crippen LogP contribution in [-0.2, 0) is 0 Å². The Bertz CT molecular complexity index is 526. The quantitative estimate of drug-likeness (QED) is 0.836. The minimum atomic E-state index is 0.146. The number of aromatic nitrogens is 2. The molecule has 4 nitrogen and oxygen atoms in total. The number of fused-ring (bicyclic) bond motifs is 1. The highest BCUT2D eigenvalue weighted by Crippen LogP contribution is 2.25. The fourth-order valence-electron chi connectivity index (χ4n) is 2.18. The van der Waals surface area contributed by atoms with Crippen LogP contribution in [0, 0.1) is 5.41 Å². The van der Waals surface area contributed by atoms with Crippen molar-refractivity contribution >= 4 is 16.9 Å². The van der Waals surface area contributed by atoms with Gasteiger partial charge in [-0.2, -0.15) is 0 Å². The zero-order chi connectivity index (χ0) is 13.7. The van der Waals surface area contributed by atoms with Gasteiger partial charge >= 0.3 is 0 Å². The molecule has 0 saturated carbocycles. The maximum atomic E-state index is 5.91. The van der Waals surface area contributed by atoms with Gasteiger partial charge in [-0.1, -0.05) is 26.0 Å². The summed E-state index contributed by atoms with van der Waals surface area (Å²) in [6.07, 6.45) is 3.91. The van der Waals surface area contributed by atoms with Crippen LogP contribution in [0.5, 0.6) is 0 Å². The molecule has 2 rings (SSSR count). The highest BCUT2D eigenvalue weighted by Gasteiger charge is 2.24. The number of nitrogens with zero attached hydrogens (tertiary/aromatic N) is 2. The zero-order valence-electron chi connectivity index (χ0n) is 11.7. The molecule has 2 aromatic rings. The Kier molecular flexibility index (Phi) is 4.32. The van der Waals surface area contributed by atoms with Gasteiger partial charge in [0, 0.05) is 6.54 Å². The molecule has 1 heterocycles. The number of anilines is 1. The van der Waals surface area contributed by atoms with Gasteiger partial charge in [0.05, 0.1) is 17.2 Å². The molecule has 1 aromatic heterocycles. The summed E-state index contributed by atoms with van der Waals surface area (Å²) in [5.41, 5.74) is 7.89. The van der Waals surface area contributed by atoms with E-state index in [9.17, 15) is 0 Å². The first-order chi connectivity index (χ1) is 9.23. The van der Waals surface area contributed by atoms with Crippen molar-refractivity contribution < 1.29 is 0 Å². The molecule has 102 valence electrons. The second-order valence-corrected chi connectivity index (χ2v) is 5.01. The Morgan fingerprint density at radius 1 is 1.16 bits per heavy atom. The Labute approximate surface area is 114 Å². The van der Waals surface area contributed by atoms with Gasteiger partial charge in [-0.05, 0) is 36.9 Å². The molecule has 0 unspecified atom stereocenters. The molecule has 0 bridgehead atoms. The monoisotopic (exact) mass is 258 g/mol. The van der Waals surface area contributed by atoms with Gasteiger partial charge in [0.15, 0.2) is 0 Å². The fourth-order valence-corrected chi connectivity index (χ4v) is 2.18. The van der Waals surface area contributed by atoms with Gasteiger partial charge in [0.25, 0.3) is 0 Å². The maximum Gasteiger partial charge on any atom is 0.145 e. The first kappa shape index (κ1) is 13.7. The van der Waals surface area contributed by atoms with Crippen molar-refractivity contribution in [3.63, 3.8) is 0 Å². The number of nitrogens with one attached hydrogen (secondary N) is 1. The number of hydrogen-bond acceptors (Lipinski definition) is 4.